The van der Waals surface area contributed by atoms with E-state index in [1.165, 1.54) is 13.8 Å². The lowest BCUT2D eigenvalue weighted by molar-refractivity contribution is -0.168. The second-order valence-corrected chi connectivity index (χ2v) is 5.61. The van der Waals surface area contributed by atoms with E-state index in [1.807, 2.05) is 0 Å². The van der Waals surface area contributed by atoms with Crippen molar-refractivity contribution >= 4 is 11.9 Å². The van der Waals surface area contributed by atoms with Crippen LogP contribution in [0.4, 0.5) is 22.0 Å². The van der Waals surface area contributed by atoms with Crippen LogP contribution >= 0.6 is 0 Å². The summed E-state index contributed by atoms with van der Waals surface area (Å²) < 4.78 is 74.8. The summed E-state index contributed by atoms with van der Waals surface area (Å²) in [4.78, 5) is 23.5. The third kappa shape index (κ3) is 3.82. The molecule has 24 heavy (non-hydrogen) atoms. The van der Waals surface area contributed by atoms with E-state index < -0.39 is 58.3 Å². The van der Waals surface area contributed by atoms with Gasteiger partial charge in [0.05, 0.1) is 5.41 Å². The molecule has 1 aromatic carbocycles. The van der Waals surface area contributed by atoms with Crippen molar-refractivity contribution < 1.29 is 41.0 Å². The Balaban J connectivity index is 2.99. The molecule has 4 nitrogen and oxygen atoms in total. The second-order valence-electron chi connectivity index (χ2n) is 5.61. The monoisotopic (exact) mass is 354 g/mol. The molecule has 0 radical (unpaired) electrons. The van der Waals surface area contributed by atoms with Crippen LogP contribution in [0.2, 0.25) is 0 Å². The van der Waals surface area contributed by atoms with Gasteiger partial charge in [0.2, 0.25) is 34.8 Å². The average Bonchev–Trinajstić information content (AvgIpc) is 2.54. The van der Waals surface area contributed by atoms with Crippen LogP contribution in [-0.4, -0.2) is 18.0 Å². The first-order valence-electron chi connectivity index (χ1n) is 6.88. The molecule has 0 aliphatic heterocycles. The maximum Gasteiger partial charge on any atom is 0.352 e. The SMILES string of the molecule is CCC(C)(C)C(=O)OC(C)C(=O)Oc1c(F)c(F)c(F)c(F)c1F. The largest absolute Gasteiger partial charge is 0.450 e. The van der Waals surface area contributed by atoms with E-state index in [0.29, 0.717) is 6.42 Å². The van der Waals surface area contributed by atoms with Crippen LogP contribution in [0.5, 0.6) is 5.75 Å². The Bertz CT molecular complexity index is 643. The van der Waals surface area contributed by atoms with Crippen molar-refractivity contribution in [3.63, 3.8) is 0 Å². The minimum Gasteiger partial charge on any atom is -0.450 e. The average molecular weight is 354 g/mol. The molecule has 1 unspecified atom stereocenters. The number of rotatable bonds is 5. The first-order chi connectivity index (χ1) is 10.9. The zero-order chi connectivity index (χ0) is 18.8. The summed E-state index contributed by atoms with van der Waals surface area (Å²) in [6.45, 7) is 5.81. The molecule has 0 saturated carbocycles. The van der Waals surface area contributed by atoms with Gasteiger partial charge in [-0.1, -0.05) is 6.92 Å². The molecule has 134 valence electrons. The van der Waals surface area contributed by atoms with E-state index in [9.17, 15) is 31.5 Å². The Morgan fingerprint density at radius 2 is 1.38 bits per heavy atom. The molecular formula is C15H15F5O4. The molecule has 0 aliphatic carbocycles. The molecule has 1 aromatic rings. The zero-order valence-corrected chi connectivity index (χ0v) is 13.3. The van der Waals surface area contributed by atoms with Gasteiger partial charge in [-0.2, -0.15) is 8.78 Å². The molecule has 0 heterocycles. The quantitative estimate of drug-likeness (QED) is 0.266. The van der Waals surface area contributed by atoms with Crippen molar-refractivity contribution in [3.8, 4) is 5.75 Å². The van der Waals surface area contributed by atoms with Gasteiger partial charge >= 0.3 is 11.9 Å². The lowest BCUT2D eigenvalue weighted by Gasteiger charge is -2.22. The summed E-state index contributed by atoms with van der Waals surface area (Å²) in [7, 11) is 0. The molecule has 0 aliphatic rings. The maximum absolute atomic E-state index is 13.4. The van der Waals surface area contributed by atoms with Gasteiger partial charge in [-0.3, -0.25) is 4.79 Å². The predicted molar refractivity (Wildman–Crippen MR) is 71.5 cm³/mol. The minimum absolute atomic E-state index is 0.380. The Morgan fingerprint density at radius 1 is 0.958 bits per heavy atom. The number of esters is 2. The lowest BCUT2D eigenvalue weighted by atomic mass is 9.91. The van der Waals surface area contributed by atoms with Gasteiger partial charge in [-0.25, -0.2) is 18.0 Å². The molecule has 0 amide bonds. The summed E-state index contributed by atoms with van der Waals surface area (Å²) in [5, 5.41) is 0. The van der Waals surface area contributed by atoms with Crippen molar-refractivity contribution in [1.82, 2.24) is 0 Å². The number of hydrogen-bond donors (Lipinski definition) is 0. The van der Waals surface area contributed by atoms with Gasteiger partial charge in [-0.15, -0.1) is 0 Å². The fourth-order valence-corrected chi connectivity index (χ4v) is 1.37. The van der Waals surface area contributed by atoms with E-state index in [2.05, 4.69) is 4.74 Å². The summed E-state index contributed by atoms with van der Waals surface area (Å²) in [6, 6.07) is 0. The van der Waals surface area contributed by atoms with E-state index in [4.69, 9.17) is 4.74 Å². The number of halogens is 5. The smallest absolute Gasteiger partial charge is 0.352 e. The normalized spacial score (nSPS) is 12.7. The number of hydrogen-bond acceptors (Lipinski definition) is 4. The van der Waals surface area contributed by atoms with E-state index in [1.54, 1.807) is 6.92 Å². The van der Waals surface area contributed by atoms with Crippen molar-refractivity contribution in [1.29, 1.82) is 0 Å². The summed E-state index contributed by atoms with van der Waals surface area (Å²) in [5.41, 5.74) is -0.931. The van der Waals surface area contributed by atoms with Crippen LogP contribution in [-0.2, 0) is 14.3 Å². The molecule has 0 spiro atoms. The van der Waals surface area contributed by atoms with Gasteiger partial charge in [0, 0.05) is 0 Å². The third-order valence-electron chi connectivity index (χ3n) is 3.42. The Morgan fingerprint density at radius 3 is 1.79 bits per heavy atom. The highest BCUT2D eigenvalue weighted by Crippen LogP contribution is 2.29. The number of carbonyl (C=O) groups excluding carboxylic acids is 2. The van der Waals surface area contributed by atoms with E-state index in [0.717, 1.165) is 6.92 Å². The maximum atomic E-state index is 13.4. The minimum atomic E-state index is -2.38. The van der Waals surface area contributed by atoms with Gasteiger partial charge in [-0.05, 0) is 27.2 Å². The molecule has 0 fully saturated rings. The van der Waals surface area contributed by atoms with Crippen molar-refractivity contribution in [3.05, 3.63) is 29.1 Å². The van der Waals surface area contributed by atoms with Gasteiger partial charge in [0.1, 0.15) is 0 Å². The van der Waals surface area contributed by atoms with Crippen molar-refractivity contribution in [2.24, 2.45) is 5.41 Å². The van der Waals surface area contributed by atoms with Crippen molar-refractivity contribution in [2.45, 2.75) is 40.2 Å². The molecule has 0 aromatic heterocycles. The van der Waals surface area contributed by atoms with Crippen LogP contribution in [0.15, 0.2) is 0 Å². The van der Waals surface area contributed by atoms with Gasteiger partial charge < -0.3 is 9.47 Å². The second kappa shape index (κ2) is 7.14. The molecule has 0 N–H and O–H groups in total. The number of benzene rings is 1. The topological polar surface area (TPSA) is 52.6 Å². The van der Waals surface area contributed by atoms with Gasteiger partial charge in [0.25, 0.3) is 0 Å². The van der Waals surface area contributed by atoms with Crippen LogP contribution in [0.3, 0.4) is 0 Å². The summed E-state index contributed by atoms with van der Waals surface area (Å²) in [6.07, 6.45) is -1.23. The highest BCUT2D eigenvalue weighted by Gasteiger charge is 2.33. The Hall–Kier alpha value is -2.19. The van der Waals surface area contributed by atoms with Crippen LogP contribution in [0.1, 0.15) is 34.1 Å². The predicted octanol–water partition coefficient (Wildman–Crippen LogP) is 3.66. The molecule has 0 bridgehead atoms. The van der Waals surface area contributed by atoms with E-state index >= 15 is 0 Å². The highest BCUT2D eigenvalue weighted by atomic mass is 19.2. The first-order valence-corrected chi connectivity index (χ1v) is 6.88. The number of carbonyl (C=O) groups is 2. The summed E-state index contributed by atoms with van der Waals surface area (Å²) in [5.74, 6) is -15.5. The Kier molecular flexibility index (Phi) is 5.91. The summed E-state index contributed by atoms with van der Waals surface area (Å²) >= 11 is 0. The molecule has 0 saturated heterocycles. The molecule has 1 atom stereocenters. The van der Waals surface area contributed by atoms with E-state index in [-0.39, 0.29) is 0 Å². The van der Waals surface area contributed by atoms with Gasteiger partial charge in [0.15, 0.2) is 6.10 Å². The third-order valence-corrected chi connectivity index (χ3v) is 3.42. The Labute approximate surface area is 134 Å². The first kappa shape index (κ1) is 19.9. The zero-order valence-electron chi connectivity index (χ0n) is 13.3. The fraction of sp³-hybridized carbons (Fsp3) is 0.467. The standard InChI is InChI=1S/C15H15F5O4/c1-5-15(3,4)14(22)23-6(2)13(21)24-12-10(19)8(17)7(16)9(18)11(12)20/h6H,5H2,1-4H3. The highest BCUT2D eigenvalue weighted by molar-refractivity contribution is 5.82. The van der Waals surface area contributed by atoms with Crippen LogP contribution in [0.25, 0.3) is 0 Å². The van der Waals surface area contributed by atoms with Crippen LogP contribution < -0.4 is 4.74 Å². The van der Waals surface area contributed by atoms with Crippen LogP contribution in [0, 0.1) is 34.5 Å². The molecular weight excluding hydrogens is 339 g/mol. The lowest BCUT2D eigenvalue weighted by Crippen LogP contribution is -2.34. The van der Waals surface area contributed by atoms with Crippen molar-refractivity contribution in [2.75, 3.05) is 0 Å². The fourth-order valence-electron chi connectivity index (χ4n) is 1.37. The molecule has 1 rings (SSSR count). The number of ether oxygens (including phenoxy) is 2. The molecule has 9 heteroatoms.